The molecule has 0 N–H and O–H groups in total. The average molecular weight is 298 g/mol. The van der Waals surface area contributed by atoms with Crippen molar-refractivity contribution in [3.63, 3.8) is 0 Å². The first-order valence-corrected chi connectivity index (χ1v) is 6.53. The zero-order chi connectivity index (χ0) is 13.8. The second kappa shape index (κ2) is 5.95. The van der Waals surface area contributed by atoms with Crippen molar-refractivity contribution < 1.29 is 13.9 Å². The van der Waals surface area contributed by atoms with Crippen LogP contribution in [0.3, 0.4) is 0 Å². The smallest absolute Gasteiger partial charge is 0.330 e. The van der Waals surface area contributed by atoms with Crippen LogP contribution in [0.1, 0.15) is 5.69 Å². The Morgan fingerprint density at radius 3 is 3.00 bits per heavy atom. The van der Waals surface area contributed by atoms with E-state index in [1.54, 1.807) is 11.4 Å². The van der Waals surface area contributed by atoms with E-state index in [1.807, 2.05) is 0 Å². The van der Waals surface area contributed by atoms with Gasteiger partial charge in [0, 0.05) is 11.5 Å². The molecule has 1 aromatic carbocycles. The van der Waals surface area contributed by atoms with Crippen LogP contribution in [0, 0.1) is 5.82 Å². The summed E-state index contributed by atoms with van der Waals surface area (Å²) in [6, 6.07) is 4.46. The number of methoxy groups -OCH3 is 1. The molecule has 2 aromatic rings. The van der Waals surface area contributed by atoms with Gasteiger partial charge >= 0.3 is 5.97 Å². The molecule has 6 heteroatoms. The highest BCUT2D eigenvalue weighted by Gasteiger charge is 2.12. The topological polar surface area (TPSA) is 39.2 Å². The molecule has 0 spiro atoms. The van der Waals surface area contributed by atoms with Crippen LogP contribution in [0.4, 0.5) is 4.39 Å². The second-order valence-electron chi connectivity index (χ2n) is 3.53. The first-order valence-electron chi connectivity index (χ1n) is 5.27. The van der Waals surface area contributed by atoms with Crippen LogP contribution in [0.2, 0.25) is 5.02 Å². The number of halogens is 2. The summed E-state index contributed by atoms with van der Waals surface area (Å²) in [6.45, 7) is 0. The fourth-order valence-electron chi connectivity index (χ4n) is 1.40. The Balaban J connectivity index is 2.31. The lowest BCUT2D eigenvalue weighted by Crippen LogP contribution is -1.93. The van der Waals surface area contributed by atoms with Crippen LogP contribution in [0.5, 0.6) is 0 Å². The molecule has 1 aromatic heterocycles. The van der Waals surface area contributed by atoms with Crippen LogP contribution in [0.25, 0.3) is 16.6 Å². The second-order valence-corrected chi connectivity index (χ2v) is 4.80. The molecular formula is C13H9ClFNO2S. The minimum atomic E-state index is -0.474. The lowest BCUT2D eigenvalue weighted by molar-refractivity contribution is -0.134. The van der Waals surface area contributed by atoms with E-state index in [-0.39, 0.29) is 5.56 Å². The SMILES string of the molecule is COC(=O)C=Cc1csc(-c2c(F)cccc2Cl)n1. The lowest BCUT2D eigenvalue weighted by Gasteiger charge is -2.00. The Labute approximate surface area is 118 Å². The van der Waals surface area contributed by atoms with E-state index in [0.29, 0.717) is 15.7 Å². The van der Waals surface area contributed by atoms with Gasteiger partial charge in [-0.1, -0.05) is 17.7 Å². The fourth-order valence-corrected chi connectivity index (χ4v) is 2.56. The Hall–Kier alpha value is -1.72. The van der Waals surface area contributed by atoms with Crippen LogP contribution in [-0.2, 0) is 9.53 Å². The van der Waals surface area contributed by atoms with Gasteiger partial charge in [-0.25, -0.2) is 14.2 Å². The van der Waals surface area contributed by atoms with Gasteiger partial charge in [0.05, 0.1) is 23.4 Å². The van der Waals surface area contributed by atoms with Crippen molar-refractivity contribution in [3.05, 3.63) is 46.2 Å². The summed E-state index contributed by atoms with van der Waals surface area (Å²) in [5, 5.41) is 2.47. The molecule has 0 bridgehead atoms. The third-order valence-corrected chi connectivity index (χ3v) is 3.48. The average Bonchev–Trinajstić information content (AvgIpc) is 2.84. The molecule has 0 saturated heterocycles. The Kier molecular flexibility index (Phi) is 4.29. The van der Waals surface area contributed by atoms with Crippen molar-refractivity contribution in [2.75, 3.05) is 7.11 Å². The number of hydrogen-bond acceptors (Lipinski definition) is 4. The number of nitrogens with zero attached hydrogens (tertiary/aromatic N) is 1. The van der Waals surface area contributed by atoms with Gasteiger partial charge in [-0.2, -0.15) is 0 Å². The number of rotatable bonds is 3. The monoisotopic (exact) mass is 297 g/mol. The van der Waals surface area contributed by atoms with E-state index in [4.69, 9.17) is 11.6 Å². The number of aromatic nitrogens is 1. The molecule has 0 unspecified atom stereocenters. The van der Waals surface area contributed by atoms with Crippen molar-refractivity contribution in [1.29, 1.82) is 0 Å². The number of carbonyl (C=O) groups is 1. The van der Waals surface area contributed by atoms with Gasteiger partial charge < -0.3 is 4.74 Å². The largest absolute Gasteiger partial charge is 0.466 e. The van der Waals surface area contributed by atoms with Gasteiger partial charge in [0.25, 0.3) is 0 Å². The number of thiazole rings is 1. The molecule has 0 radical (unpaired) electrons. The maximum atomic E-state index is 13.7. The Morgan fingerprint density at radius 1 is 1.53 bits per heavy atom. The predicted octanol–water partition coefficient (Wildman–Crippen LogP) is 3.79. The standard InChI is InChI=1S/C13H9ClFNO2S/c1-18-11(17)6-5-8-7-19-13(16-8)12-9(14)3-2-4-10(12)15/h2-7H,1H3. The third-order valence-electron chi connectivity index (χ3n) is 2.29. The summed E-state index contributed by atoms with van der Waals surface area (Å²) < 4.78 is 18.2. The van der Waals surface area contributed by atoms with E-state index < -0.39 is 11.8 Å². The van der Waals surface area contributed by atoms with Gasteiger partial charge in [0.1, 0.15) is 10.8 Å². The van der Waals surface area contributed by atoms with Gasteiger partial charge in [-0.05, 0) is 18.2 Å². The molecule has 0 fully saturated rings. The van der Waals surface area contributed by atoms with Crippen molar-refractivity contribution in [2.45, 2.75) is 0 Å². The molecule has 0 amide bonds. The van der Waals surface area contributed by atoms with Gasteiger partial charge in [0.2, 0.25) is 0 Å². The van der Waals surface area contributed by atoms with Gasteiger partial charge in [-0.15, -0.1) is 11.3 Å². The molecule has 0 aliphatic rings. The number of hydrogen-bond donors (Lipinski definition) is 0. The molecular weight excluding hydrogens is 289 g/mol. The minimum Gasteiger partial charge on any atom is -0.466 e. The van der Waals surface area contributed by atoms with Crippen molar-refractivity contribution >= 4 is 35.0 Å². The number of carbonyl (C=O) groups excluding carboxylic acids is 1. The van der Waals surface area contributed by atoms with Crippen LogP contribution >= 0.6 is 22.9 Å². The lowest BCUT2D eigenvalue weighted by atomic mass is 10.2. The molecule has 1 heterocycles. The first kappa shape index (κ1) is 13.7. The molecule has 0 saturated carbocycles. The van der Waals surface area contributed by atoms with Crippen molar-refractivity contribution in [2.24, 2.45) is 0 Å². The molecule has 0 aliphatic heterocycles. The first-order chi connectivity index (χ1) is 9.11. The van der Waals surface area contributed by atoms with E-state index in [2.05, 4.69) is 9.72 Å². The summed E-state index contributed by atoms with van der Waals surface area (Å²) in [6.07, 6.45) is 2.75. The van der Waals surface area contributed by atoms with Gasteiger partial charge in [0.15, 0.2) is 0 Å². The minimum absolute atomic E-state index is 0.270. The number of esters is 1. The molecule has 98 valence electrons. The Bertz CT molecular complexity index is 619. The van der Waals surface area contributed by atoms with E-state index in [1.165, 1.54) is 42.7 Å². The summed E-state index contributed by atoms with van der Waals surface area (Å²) in [5.74, 6) is -0.899. The maximum absolute atomic E-state index is 13.7. The summed E-state index contributed by atoms with van der Waals surface area (Å²) in [7, 11) is 1.29. The van der Waals surface area contributed by atoms with Crippen LogP contribution in [-0.4, -0.2) is 18.1 Å². The zero-order valence-electron chi connectivity index (χ0n) is 9.89. The normalized spacial score (nSPS) is 10.9. The van der Waals surface area contributed by atoms with E-state index in [9.17, 15) is 9.18 Å². The van der Waals surface area contributed by atoms with Gasteiger partial charge in [-0.3, -0.25) is 0 Å². The maximum Gasteiger partial charge on any atom is 0.330 e. The molecule has 3 nitrogen and oxygen atoms in total. The fraction of sp³-hybridized carbons (Fsp3) is 0.0769. The van der Waals surface area contributed by atoms with Crippen LogP contribution in [0.15, 0.2) is 29.7 Å². The summed E-state index contributed by atoms with van der Waals surface area (Å²) in [5.41, 5.74) is 0.816. The van der Waals surface area contributed by atoms with Crippen LogP contribution < -0.4 is 0 Å². The molecule has 19 heavy (non-hydrogen) atoms. The summed E-state index contributed by atoms with van der Waals surface area (Å²) in [4.78, 5) is 15.2. The van der Waals surface area contributed by atoms with E-state index >= 15 is 0 Å². The number of ether oxygens (including phenoxy) is 1. The molecule has 0 atom stereocenters. The number of benzene rings is 1. The highest BCUT2D eigenvalue weighted by molar-refractivity contribution is 7.13. The molecule has 2 rings (SSSR count). The van der Waals surface area contributed by atoms with Crippen molar-refractivity contribution in [3.8, 4) is 10.6 Å². The van der Waals surface area contributed by atoms with Crippen molar-refractivity contribution in [1.82, 2.24) is 4.98 Å². The quantitative estimate of drug-likeness (QED) is 0.639. The summed E-state index contributed by atoms with van der Waals surface area (Å²) >= 11 is 7.21. The highest BCUT2D eigenvalue weighted by Crippen LogP contribution is 2.32. The Morgan fingerprint density at radius 2 is 2.32 bits per heavy atom. The highest BCUT2D eigenvalue weighted by atomic mass is 35.5. The zero-order valence-corrected chi connectivity index (χ0v) is 11.5. The van der Waals surface area contributed by atoms with E-state index in [0.717, 1.165) is 0 Å². The third kappa shape index (κ3) is 3.19. The molecule has 0 aliphatic carbocycles. The predicted molar refractivity (Wildman–Crippen MR) is 73.6 cm³/mol.